The second-order valence-corrected chi connectivity index (χ2v) is 5.57. The van der Waals surface area contributed by atoms with E-state index in [1.165, 1.54) is 18.2 Å². The Bertz CT molecular complexity index is 542. The molecular formula is C15H20BrN3. The summed E-state index contributed by atoms with van der Waals surface area (Å²) in [6.45, 7) is 2.83. The number of rotatable bonds is 6. The van der Waals surface area contributed by atoms with Crippen LogP contribution in [0.3, 0.4) is 0 Å². The van der Waals surface area contributed by atoms with Crippen molar-refractivity contribution in [2.45, 2.75) is 32.2 Å². The fourth-order valence-corrected chi connectivity index (χ4v) is 2.67. The summed E-state index contributed by atoms with van der Waals surface area (Å²) in [5.41, 5.74) is 5.84. The Morgan fingerprint density at radius 1 is 1.32 bits per heavy atom. The number of aromatic nitrogens is 1. The van der Waals surface area contributed by atoms with Crippen LogP contribution < -0.4 is 11.1 Å². The van der Waals surface area contributed by atoms with Gasteiger partial charge in [0.15, 0.2) is 0 Å². The van der Waals surface area contributed by atoms with Crippen molar-refractivity contribution in [2.24, 2.45) is 5.73 Å². The first-order chi connectivity index (χ1) is 9.26. The third kappa shape index (κ3) is 3.45. The molecule has 3 nitrogen and oxygen atoms in total. The fraction of sp³-hybridized carbons (Fsp3) is 0.400. The van der Waals surface area contributed by atoms with E-state index in [-0.39, 0.29) is 6.04 Å². The lowest BCUT2D eigenvalue weighted by atomic mass is 10.1. The summed E-state index contributed by atoms with van der Waals surface area (Å²) >= 11 is 3.58. The molecular weight excluding hydrogens is 302 g/mol. The minimum atomic E-state index is 0.289. The number of benzene rings is 1. The molecule has 0 aliphatic heterocycles. The van der Waals surface area contributed by atoms with Gasteiger partial charge in [-0.05, 0) is 18.6 Å². The number of unbranched alkanes of at least 4 members (excludes halogenated alkanes) is 1. The monoisotopic (exact) mass is 321 g/mol. The minimum absolute atomic E-state index is 0.289. The molecule has 1 heterocycles. The van der Waals surface area contributed by atoms with Gasteiger partial charge in [0.05, 0.1) is 0 Å². The zero-order valence-electron chi connectivity index (χ0n) is 11.2. The van der Waals surface area contributed by atoms with Crippen molar-refractivity contribution in [3.8, 4) is 0 Å². The van der Waals surface area contributed by atoms with Crippen molar-refractivity contribution in [3.05, 3.63) is 34.9 Å². The number of anilines is 1. The van der Waals surface area contributed by atoms with Crippen LogP contribution in [0.5, 0.6) is 0 Å². The average Bonchev–Trinajstić information content (AvgIpc) is 2.44. The molecule has 1 aromatic carbocycles. The quantitative estimate of drug-likeness (QED) is 0.847. The summed E-state index contributed by atoms with van der Waals surface area (Å²) in [5, 5.41) is 5.78. The molecule has 0 amide bonds. The van der Waals surface area contributed by atoms with Crippen molar-refractivity contribution >= 4 is 32.5 Å². The van der Waals surface area contributed by atoms with E-state index in [0.717, 1.165) is 22.1 Å². The van der Waals surface area contributed by atoms with Gasteiger partial charge in [-0.2, -0.15) is 0 Å². The number of pyridine rings is 1. The summed E-state index contributed by atoms with van der Waals surface area (Å²) in [4.78, 5) is 4.46. The molecule has 0 radical (unpaired) electrons. The summed E-state index contributed by atoms with van der Waals surface area (Å²) < 4.78 is 1.09. The molecule has 0 fully saturated rings. The highest BCUT2D eigenvalue weighted by Crippen LogP contribution is 2.28. The van der Waals surface area contributed by atoms with Crippen molar-refractivity contribution in [3.63, 3.8) is 0 Å². The van der Waals surface area contributed by atoms with Crippen LogP contribution in [0, 0.1) is 0 Å². The summed E-state index contributed by atoms with van der Waals surface area (Å²) in [6, 6.07) is 8.47. The first-order valence-electron chi connectivity index (χ1n) is 6.76. The van der Waals surface area contributed by atoms with Crippen LogP contribution in [0.2, 0.25) is 0 Å². The highest BCUT2D eigenvalue weighted by molar-refractivity contribution is 9.10. The van der Waals surface area contributed by atoms with Gasteiger partial charge in [0, 0.05) is 34.0 Å². The van der Waals surface area contributed by atoms with E-state index >= 15 is 0 Å². The molecule has 0 spiro atoms. The topological polar surface area (TPSA) is 50.9 Å². The van der Waals surface area contributed by atoms with Crippen LogP contribution >= 0.6 is 15.9 Å². The molecule has 102 valence electrons. The predicted octanol–water partition coefficient (Wildman–Crippen LogP) is 3.93. The zero-order valence-corrected chi connectivity index (χ0v) is 12.8. The van der Waals surface area contributed by atoms with Gasteiger partial charge in [-0.25, -0.2) is 4.98 Å². The molecule has 4 heteroatoms. The van der Waals surface area contributed by atoms with Gasteiger partial charge in [-0.1, -0.05) is 47.8 Å². The third-order valence-corrected chi connectivity index (χ3v) is 3.98. The van der Waals surface area contributed by atoms with Crippen LogP contribution in [0.4, 0.5) is 5.82 Å². The highest BCUT2D eigenvalue weighted by atomic mass is 79.9. The Morgan fingerprint density at radius 3 is 2.89 bits per heavy atom. The van der Waals surface area contributed by atoms with Gasteiger partial charge in [0.1, 0.15) is 5.82 Å². The maximum atomic E-state index is 5.84. The standard InChI is InChI=1S/C15H20BrN3/c1-2-3-5-11(10-17)19-15-13-6-4-7-14(16)12(13)8-9-18-15/h4,6-9,11H,2-3,5,10,17H2,1H3,(H,18,19). The second-order valence-electron chi connectivity index (χ2n) is 4.71. The largest absolute Gasteiger partial charge is 0.366 e. The Morgan fingerprint density at radius 2 is 2.16 bits per heavy atom. The number of hydrogen-bond donors (Lipinski definition) is 2. The van der Waals surface area contributed by atoms with Gasteiger partial charge in [0.25, 0.3) is 0 Å². The number of nitrogens with one attached hydrogen (secondary N) is 1. The maximum absolute atomic E-state index is 5.84. The normalized spacial score (nSPS) is 12.6. The molecule has 19 heavy (non-hydrogen) atoms. The van der Waals surface area contributed by atoms with E-state index in [1.807, 2.05) is 24.4 Å². The Labute approximate surface area is 122 Å². The van der Waals surface area contributed by atoms with Crippen molar-refractivity contribution in [2.75, 3.05) is 11.9 Å². The van der Waals surface area contributed by atoms with Crippen molar-refractivity contribution in [1.29, 1.82) is 0 Å². The smallest absolute Gasteiger partial charge is 0.134 e. The second kappa shape index (κ2) is 6.87. The van der Waals surface area contributed by atoms with E-state index in [1.54, 1.807) is 0 Å². The van der Waals surface area contributed by atoms with Crippen LogP contribution in [-0.4, -0.2) is 17.6 Å². The van der Waals surface area contributed by atoms with Gasteiger partial charge in [-0.15, -0.1) is 0 Å². The van der Waals surface area contributed by atoms with Gasteiger partial charge >= 0.3 is 0 Å². The van der Waals surface area contributed by atoms with Crippen LogP contribution in [0.25, 0.3) is 10.8 Å². The number of fused-ring (bicyclic) bond motifs is 1. The SMILES string of the molecule is CCCCC(CN)Nc1nccc2c(Br)cccc12. The highest BCUT2D eigenvalue weighted by Gasteiger charge is 2.10. The number of nitrogens with zero attached hydrogens (tertiary/aromatic N) is 1. The Balaban J connectivity index is 2.27. The molecule has 3 N–H and O–H groups in total. The van der Waals surface area contributed by atoms with Gasteiger partial charge in [-0.3, -0.25) is 0 Å². The van der Waals surface area contributed by atoms with E-state index in [4.69, 9.17) is 5.73 Å². The lowest BCUT2D eigenvalue weighted by Crippen LogP contribution is -2.29. The third-order valence-electron chi connectivity index (χ3n) is 3.28. The number of nitrogens with two attached hydrogens (primary N) is 1. The molecule has 2 aromatic rings. The van der Waals surface area contributed by atoms with Crippen LogP contribution in [-0.2, 0) is 0 Å². The molecule has 1 unspecified atom stereocenters. The van der Waals surface area contributed by atoms with Crippen molar-refractivity contribution < 1.29 is 0 Å². The average molecular weight is 322 g/mol. The lowest BCUT2D eigenvalue weighted by Gasteiger charge is -2.18. The van der Waals surface area contributed by atoms with E-state index < -0.39 is 0 Å². The zero-order chi connectivity index (χ0) is 13.7. The Kier molecular flexibility index (Phi) is 5.16. The molecule has 0 saturated carbocycles. The Hall–Kier alpha value is -1.13. The van der Waals surface area contributed by atoms with Crippen LogP contribution in [0.1, 0.15) is 26.2 Å². The molecule has 1 aromatic heterocycles. The lowest BCUT2D eigenvalue weighted by molar-refractivity contribution is 0.613. The fourth-order valence-electron chi connectivity index (χ4n) is 2.18. The predicted molar refractivity (Wildman–Crippen MR) is 85.4 cm³/mol. The molecule has 0 bridgehead atoms. The van der Waals surface area contributed by atoms with E-state index in [2.05, 4.69) is 39.2 Å². The van der Waals surface area contributed by atoms with E-state index in [9.17, 15) is 0 Å². The first kappa shape index (κ1) is 14.3. The number of halogens is 1. The van der Waals surface area contributed by atoms with Crippen molar-refractivity contribution in [1.82, 2.24) is 4.98 Å². The molecule has 0 saturated heterocycles. The summed E-state index contributed by atoms with van der Waals surface area (Å²) in [7, 11) is 0. The maximum Gasteiger partial charge on any atom is 0.134 e. The molecule has 0 aliphatic carbocycles. The molecule has 2 rings (SSSR count). The van der Waals surface area contributed by atoms with Gasteiger partial charge < -0.3 is 11.1 Å². The van der Waals surface area contributed by atoms with Crippen LogP contribution in [0.15, 0.2) is 34.9 Å². The first-order valence-corrected chi connectivity index (χ1v) is 7.55. The molecule has 0 aliphatic rings. The molecule has 1 atom stereocenters. The number of hydrogen-bond acceptors (Lipinski definition) is 3. The summed E-state index contributed by atoms with van der Waals surface area (Å²) in [5.74, 6) is 0.922. The minimum Gasteiger partial charge on any atom is -0.366 e. The van der Waals surface area contributed by atoms with Gasteiger partial charge in [0.2, 0.25) is 0 Å². The van der Waals surface area contributed by atoms with E-state index in [0.29, 0.717) is 6.54 Å². The summed E-state index contributed by atoms with van der Waals surface area (Å²) in [6.07, 6.45) is 5.29.